The summed E-state index contributed by atoms with van der Waals surface area (Å²) >= 11 is 0. The molecule has 0 saturated carbocycles. The molecule has 30 heavy (non-hydrogen) atoms. The minimum Gasteiger partial charge on any atom is -0.368 e. The van der Waals surface area contributed by atoms with Gasteiger partial charge in [-0.2, -0.15) is 0 Å². The Kier molecular flexibility index (Phi) is 10.5. The van der Waals surface area contributed by atoms with E-state index in [1.807, 2.05) is 17.0 Å². The van der Waals surface area contributed by atoms with E-state index in [2.05, 4.69) is 69.1 Å². The lowest BCUT2D eigenvalue weighted by Gasteiger charge is -2.36. The third-order valence-corrected chi connectivity index (χ3v) is 5.16. The molecule has 0 aliphatic carbocycles. The monoisotopic (exact) mass is 521 g/mol. The Balaban J connectivity index is 0.00000320. The van der Waals surface area contributed by atoms with Crippen molar-refractivity contribution in [2.45, 2.75) is 12.8 Å². The number of carbonyl (C=O) groups is 1. The summed E-state index contributed by atoms with van der Waals surface area (Å²) in [4.78, 5) is 21.0. The topological polar surface area (TPSA) is 60.0 Å². The summed E-state index contributed by atoms with van der Waals surface area (Å²) in [6.07, 6.45) is 2.04. The number of halogens is 1. The number of hydrogen-bond acceptors (Lipinski definition) is 3. The van der Waals surface area contributed by atoms with E-state index in [0.29, 0.717) is 5.96 Å². The van der Waals surface area contributed by atoms with Crippen LogP contribution < -0.4 is 15.5 Å². The minimum absolute atomic E-state index is 0. The van der Waals surface area contributed by atoms with Gasteiger partial charge >= 0.3 is 0 Å². The molecule has 0 bridgehead atoms. The second-order valence-electron chi connectivity index (χ2n) is 7.15. The molecule has 6 nitrogen and oxygen atoms in total. The van der Waals surface area contributed by atoms with Gasteiger partial charge in [-0.15, -0.1) is 24.0 Å². The molecule has 1 amide bonds. The molecule has 1 aliphatic heterocycles. The number of anilines is 1. The maximum absolute atomic E-state index is 12.5. The first-order valence-corrected chi connectivity index (χ1v) is 10.3. The smallest absolute Gasteiger partial charge is 0.242 e. The lowest BCUT2D eigenvalue weighted by molar-refractivity contribution is -0.130. The van der Waals surface area contributed by atoms with E-state index in [1.165, 1.54) is 11.3 Å². The Bertz CT molecular complexity index is 777. The largest absolute Gasteiger partial charge is 0.368 e. The number of rotatable bonds is 7. The van der Waals surface area contributed by atoms with Gasteiger partial charge in [-0.25, -0.2) is 0 Å². The maximum atomic E-state index is 12.5. The van der Waals surface area contributed by atoms with Crippen molar-refractivity contribution in [1.29, 1.82) is 0 Å². The van der Waals surface area contributed by atoms with Crippen LogP contribution in [0.3, 0.4) is 0 Å². The summed E-state index contributed by atoms with van der Waals surface area (Å²) in [5.74, 6) is 0.791. The summed E-state index contributed by atoms with van der Waals surface area (Å²) in [7, 11) is 1.73. The molecular weight excluding hydrogens is 489 g/mol. The van der Waals surface area contributed by atoms with Gasteiger partial charge in [0.25, 0.3) is 0 Å². The molecule has 0 aromatic heterocycles. The molecule has 7 heteroatoms. The van der Waals surface area contributed by atoms with Crippen LogP contribution >= 0.6 is 24.0 Å². The van der Waals surface area contributed by atoms with E-state index < -0.39 is 0 Å². The zero-order valence-corrected chi connectivity index (χ0v) is 19.9. The molecule has 2 N–H and O–H groups in total. The molecule has 2 aromatic carbocycles. The van der Waals surface area contributed by atoms with Gasteiger partial charge in [0, 0.05) is 45.5 Å². The fourth-order valence-corrected chi connectivity index (χ4v) is 3.49. The van der Waals surface area contributed by atoms with Crippen LogP contribution in [0.25, 0.3) is 0 Å². The SMILES string of the molecule is CN=C(NCCCc1ccccc1)NCC(=O)N1CCN(c2ccccc2)CC1.I. The van der Waals surface area contributed by atoms with Crippen LogP contribution in [0.4, 0.5) is 5.69 Å². The van der Waals surface area contributed by atoms with Crippen LogP contribution in [0.2, 0.25) is 0 Å². The number of aliphatic imine (C=N–C) groups is 1. The average molecular weight is 521 g/mol. The zero-order valence-electron chi connectivity index (χ0n) is 17.6. The molecule has 162 valence electrons. The average Bonchev–Trinajstić information content (AvgIpc) is 2.80. The summed E-state index contributed by atoms with van der Waals surface area (Å²) in [6.45, 7) is 4.31. The Labute approximate surface area is 196 Å². The van der Waals surface area contributed by atoms with Crippen LogP contribution in [0.1, 0.15) is 12.0 Å². The summed E-state index contributed by atoms with van der Waals surface area (Å²) in [6, 6.07) is 20.8. The van der Waals surface area contributed by atoms with E-state index in [1.54, 1.807) is 7.05 Å². The number of aryl methyl sites for hydroxylation is 1. The van der Waals surface area contributed by atoms with Crippen molar-refractivity contribution in [3.8, 4) is 0 Å². The number of amides is 1. The fraction of sp³-hybridized carbons (Fsp3) is 0.391. The number of guanidine groups is 1. The van der Waals surface area contributed by atoms with Gasteiger partial charge in [-0.05, 0) is 30.5 Å². The van der Waals surface area contributed by atoms with E-state index in [9.17, 15) is 4.79 Å². The van der Waals surface area contributed by atoms with Gasteiger partial charge in [0.15, 0.2) is 5.96 Å². The number of hydrogen-bond donors (Lipinski definition) is 2. The lowest BCUT2D eigenvalue weighted by Crippen LogP contribution is -2.52. The number of nitrogens with zero attached hydrogens (tertiary/aromatic N) is 3. The minimum atomic E-state index is 0. The molecule has 0 radical (unpaired) electrons. The van der Waals surface area contributed by atoms with Crippen LogP contribution in [0.5, 0.6) is 0 Å². The predicted molar refractivity (Wildman–Crippen MR) is 135 cm³/mol. The Morgan fingerprint density at radius 2 is 1.57 bits per heavy atom. The molecule has 0 atom stereocenters. The number of nitrogens with one attached hydrogen (secondary N) is 2. The van der Waals surface area contributed by atoms with Gasteiger partial charge < -0.3 is 20.4 Å². The first-order chi connectivity index (χ1) is 14.3. The third-order valence-electron chi connectivity index (χ3n) is 5.16. The van der Waals surface area contributed by atoms with Gasteiger partial charge in [0.1, 0.15) is 0 Å². The highest BCUT2D eigenvalue weighted by molar-refractivity contribution is 14.0. The Hall–Kier alpha value is -2.29. The van der Waals surface area contributed by atoms with Crippen LogP contribution in [0.15, 0.2) is 65.7 Å². The first kappa shape index (κ1) is 24.0. The molecular formula is C23H32IN5O. The van der Waals surface area contributed by atoms with E-state index in [-0.39, 0.29) is 36.4 Å². The molecule has 1 aliphatic rings. The second-order valence-corrected chi connectivity index (χ2v) is 7.15. The van der Waals surface area contributed by atoms with Crippen molar-refractivity contribution >= 4 is 41.5 Å². The Morgan fingerprint density at radius 3 is 2.20 bits per heavy atom. The van der Waals surface area contributed by atoms with E-state index in [0.717, 1.165) is 45.6 Å². The van der Waals surface area contributed by atoms with Crippen molar-refractivity contribution < 1.29 is 4.79 Å². The van der Waals surface area contributed by atoms with E-state index >= 15 is 0 Å². The number of carbonyl (C=O) groups excluding carboxylic acids is 1. The van der Waals surface area contributed by atoms with Crippen molar-refractivity contribution in [2.24, 2.45) is 4.99 Å². The summed E-state index contributed by atoms with van der Waals surface area (Å²) in [5, 5.41) is 6.43. The molecule has 3 rings (SSSR count). The van der Waals surface area contributed by atoms with Crippen LogP contribution in [-0.2, 0) is 11.2 Å². The van der Waals surface area contributed by atoms with Gasteiger partial charge in [0.05, 0.1) is 6.54 Å². The van der Waals surface area contributed by atoms with Crippen molar-refractivity contribution in [1.82, 2.24) is 15.5 Å². The summed E-state index contributed by atoms with van der Waals surface area (Å²) in [5.41, 5.74) is 2.56. The molecule has 0 spiro atoms. The second kappa shape index (κ2) is 13.1. The quantitative estimate of drug-likeness (QED) is 0.255. The fourth-order valence-electron chi connectivity index (χ4n) is 3.49. The van der Waals surface area contributed by atoms with E-state index in [4.69, 9.17) is 0 Å². The van der Waals surface area contributed by atoms with Crippen LogP contribution in [-0.4, -0.2) is 63.1 Å². The molecule has 0 unspecified atom stereocenters. The standard InChI is InChI=1S/C23H31N5O.HI/c1-24-23(25-14-8-11-20-9-4-2-5-10-20)26-19-22(29)28-17-15-27(16-18-28)21-12-6-3-7-13-21;/h2-7,9-10,12-13H,8,11,14-19H2,1H3,(H2,24,25,26);1H. The maximum Gasteiger partial charge on any atom is 0.242 e. The normalized spacial score (nSPS) is 14.1. The van der Waals surface area contributed by atoms with Gasteiger partial charge in [-0.3, -0.25) is 9.79 Å². The van der Waals surface area contributed by atoms with Crippen molar-refractivity contribution in [3.63, 3.8) is 0 Å². The highest BCUT2D eigenvalue weighted by atomic mass is 127. The highest BCUT2D eigenvalue weighted by Crippen LogP contribution is 2.15. The zero-order chi connectivity index (χ0) is 20.3. The number of para-hydroxylation sites is 1. The number of piperazine rings is 1. The molecule has 1 heterocycles. The van der Waals surface area contributed by atoms with Crippen LogP contribution in [0, 0.1) is 0 Å². The molecule has 2 aromatic rings. The number of benzene rings is 2. The van der Waals surface area contributed by atoms with Crippen molar-refractivity contribution in [2.75, 3.05) is 51.2 Å². The molecule has 1 fully saturated rings. The van der Waals surface area contributed by atoms with Gasteiger partial charge in [-0.1, -0.05) is 48.5 Å². The third kappa shape index (κ3) is 7.51. The van der Waals surface area contributed by atoms with Gasteiger partial charge in [0.2, 0.25) is 5.91 Å². The lowest BCUT2D eigenvalue weighted by atomic mass is 10.1. The Morgan fingerprint density at radius 1 is 0.933 bits per heavy atom. The molecule has 1 saturated heterocycles. The van der Waals surface area contributed by atoms with Crippen molar-refractivity contribution in [3.05, 3.63) is 66.2 Å². The predicted octanol–water partition coefficient (Wildman–Crippen LogP) is 2.75. The first-order valence-electron chi connectivity index (χ1n) is 10.3. The highest BCUT2D eigenvalue weighted by Gasteiger charge is 2.21. The summed E-state index contributed by atoms with van der Waals surface area (Å²) < 4.78 is 0.